The number of carbonyl (C=O) groups is 1. The van der Waals surface area contributed by atoms with Gasteiger partial charge in [-0.2, -0.15) is 0 Å². The highest BCUT2D eigenvalue weighted by Crippen LogP contribution is 2.08. The van der Waals surface area contributed by atoms with E-state index in [9.17, 15) is 4.79 Å². The lowest BCUT2D eigenvalue weighted by Crippen LogP contribution is -2.32. The van der Waals surface area contributed by atoms with Crippen molar-refractivity contribution in [2.45, 2.75) is 39.7 Å². The lowest BCUT2D eigenvalue weighted by atomic mass is 10.2. The molecule has 0 radical (unpaired) electrons. The molecule has 1 atom stereocenters. The normalized spacial score (nSPS) is 21.1. The average Bonchev–Trinajstić information content (AvgIpc) is 2.57. The first-order valence-electron chi connectivity index (χ1n) is 6.25. The zero-order valence-corrected chi connectivity index (χ0v) is 10.7. The van der Waals surface area contributed by atoms with Gasteiger partial charge in [0.15, 0.2) is 0 Å². The molecule has 1 rings (SSSR count). The van der Waals surface area contributed by atoms with Gasteiger partial charge < -0.3 is 9.64 Å². The van der Waals surface area contributed by atoms with E-state index in [1.807, 2.05) is 4.90 Å². The fraction of sp³-hybridized carbons (Fsp3) is 0.917. The van der Waals surface area contributed by atoms with E-state index in [1.54, 1.807) is 0 Å². The van der Waals surface area contributed by atoms with Crippen LogP contribution in [0.5, 0.6) is 0 Å². The summed E-state index contributed by atoms with van der Waals surface area (Å²) in [6, 6.07) is 0.0371. The molecule has 0 aromatic heterocycles. The lowest BCUT2D eigenvalue weighted by Gasteiger charge is -2.15. The van der Waals surface area contributed by atoms with Crippen LogP contribution in [0.1, 0.15) is 33.6 Å². The molecule has 1 N–H and O–H groups in total. The summed E-state index contributed by atoms with van der Waals surface area (Å²) in [6.07, 6.45) is 1.98. The van der Waals surface area contributed by atoms with Crippen LogP contribution < -0.4 is 5.32 Å². The number of carbonyl (C=O) groups excluding carboxylic acids is 1. The van der Waals surface area contributed by atoms with Crippen LogP contribution in [0, 0.1) is 5.92 Å². The lowest BCUT2D eigenvalue weighted by molar-refractivity contribution is -0.129. The third kappa shape index (κ3) is 4.10. The van der Waals surface area contributed by atoms with E-state index >= 15 is 0 Å². The molecule has 0 aromatic carbocycles. The van der Waals surface area contributed by atoms with Crippen molar-refractivity contribution in [1.82, 2.24) is 10.2 Å². The fourth-order valence-electron chi connectivity index (χ4n) is 1.80. The van der Waals surface area contributed by atoms with Crippen molar-refractivity contribution in [3.63, 3.8) is 0 Å². The summed E-state index contributed by atoms with van der Waals surface area (Å²) in [5, 5.41) is 3.23. The quantitative estimate of drug-likeness (QED) is 0.666. The molecule has 4 heteroatoms. The summed E-state index contributed by atoms with van der Waals surface area (Å²) in [4.78, 5) is 13.7. The first-order valence-corrected chi connectivity index (χ1v) is 6.25. The molecule has 94 valence electrons. The Morgan fingerprint density at radius 3 is 2.94 bits per heavy atom. The number of nitrogens with one attached hydrogen (secondary N) is 1. The maximum atomic E-state index is 11.8. The topological polar surface area (TPSA) is 41.6 Å². The van der Waals surface area contributed by atoms with Crippen LogP contribution in [0.3, 0.4) is 0 Å². The van der Waals surface area contributed by atoms with Crippen LogP contribution in [0.2, 0.25) is 0 Å². The van der Waals surface area contributed by atoms with Crippen molar-refractivity contribution < 1.29 is 9.53 Å². The second-order valence-electron chi connectivity index (χ2n) is 4.77. The zero-order valence-electron chi connectivity index (χ0n) is 10.7. The Labute approximate surface area is 98.3 Å². The molecule has 16 heavy (non-hydrogen) atoms. The van der Waals surface area contributed by atoms with E-state index in [0.717, 1.165) is 19.4 Å². The van der Waals surface area contributed by atoms with Crippen molar-refractivity contribution >= 4 is 5.91 Å². The number of hydrogen-bond donors (Lipinski definition) is 1. The van der Waals surface area contributed by atoms with E-state index < -0.39 is 0 Å². The first kappa shape index (κ1) is 13.5. The van der Waals surface area contributed by atoms with E-state index in [-0.39, 0.29) is 11.9 Å². The average molecular weight is 228 g/mol. The molecule has 1 saturated heterocycles. The molecule has 1 aliphatic rings. The summed E-state index contributed by atoms with van der Waals surface area (Å²) in [5.74, 6) is 0.787. The van der Waals surface area contributed by atoms with Gasteiger partial charge in [-0.1, -0.05) is 27.2 Å². The molecule has 1 amide bonds. The largest absolute Gasteiger partial charge is 0.379 e. The summed E-state index contributed by atoms with van der Waals surface area (Å²) >= 11 is 0. The van der Waals surface area contributed by atoms with Crippen LogP contribution in [0.4, 0.5) is 0 Å². The summed E-state index contributed by atoms with van der Waals surface area (Å²) in [5.41, 5.74) is 0. The third-order valence-corrected chi connectivity index (χ3v) is 2.67. The van der Waals surface area contributed by atoms with Gasteiger partial charge in [0.25, 0.3) is 0 Å². The van der Waals surface area contributed by atoms with Crippen molar-refractivity contribution in [1.29, 1.82) is 0 Å². The molecule has 0 aliphatic carbocycles. The molecule has 0 spiro atoms. The van der Waals surface area contributed by atoms with Crippen molar-refractivity contribution in [3.05, 3.63) is 0 Å². The molecule has 1 aliphatic heterocycles. The van der Waals surface area contributed by atoms with E-state index in [0.29, 0.717) is 25.7 Å². The van der Waals surface area contributed by atoms with E-state index in [1.165, 1.54) is 0 Å². The molecule has 0 saturated carbocycles. The number of ether oxygens (including phenoxy) is 1. The standard InChI is InChI=1S/C12H24N2O2/c1-4-5-11-12(15)14(9-13-11)6-7-16-8-10(2)3/h10-11,13H,4-9H2,1-3H3. The molecule has 0 aromatic rings. The Balaban J connectivity index is 2.16. The molecule has 1 unspecified atom stereocenters. The van der Waals surface area contributed by atoms with Crippen LogP contribution in [0.25, 0.3) is 0 Å². The van der Waals surface area contributed by atoms with E-state index in [2.05, 4.69) is 26.1 Å². The SMILES string of the molecule is CCCC1NCN(CCOCC(C)C)C1=O. The highest BCUT2D eigenvalue weighted by Gasteiger charge is 2.29. The Morgan fingerprint density at radius 1 is 1.56 bits per heavy atom. The Bertz CT molecular complexity index is 219. The van der Waals surface area contributed by atoms with Crippen LogP contribution in [-0.4, -0.2) is 43.3 Å². The molecule has 0 bridgehead atoms. The monoisotopic (exact) mass is 228 g/mol. The zero-order chi connectivity index (χ0) is 12.0. The highest BCUT2D eigenvalue weighted by molar-refractivity contribution is 5.83. The second-order valence-corrected chi connectivity index (χ2v) is 4.77. The molecular weight excluding hydrogens is 204 g/mol. The maximum absolute atomic E-state index is 11.8. The summed E-state index contributed by atoms with van der Waals surface area (Å²) < 4.78 is 5.48. The number of hydrogen-bond acceptors (Lipinski definition) is 3. The van der Waals surface area contributed by atoms with E-state index in [4.69, 9.17) is 4.74 Å². The van der Waals surface area contributed by atoms with Gasteiger partial charge in [0.2, 0.25) is 5.91 Å². The van der Waals surface area contributed by atoms with Crippen LogP contribution >= 0.6 is 0 Å². The van der Waals surface area contributed by atoms with Crippen LogP contribution in [0.15, 0.2) is 0 Å². The van der Waals surface area contributed by atoms with Gasteiger partial charge in [-0.25, -0.2) is 0 Å². The smallest absolute Gasteiger partial charge is 0.240 e. The molecule has 4 nitrogen and oxygen atoms in total. The minimum atomic E-state index is 0.0371. The first-order chi connectivity index (χ1) is 7.65. The fourth-order valence-corrected chi connectivity index (χ4v) is 1.80. The summed E-state index contributed by atoms with van der Waals surface area (Å²) in [7, 11) is 0. The highest BCUT2D eigenvalue weighted by atomic mass is 16.5. The number of rotatable bonds is 7. The predicted molar refractivity (Wildman–Crippen MR) is 64.1 cm³/mol. The van der Waals surface area contributed by atoms with Crippen LogP contribution in [-0.2, 0) is 9.53 Å². The van der Waals surface area contributed by atoms with Crippen molar-refractivity contribution in [3.8, 4) is 0 Å². The van der Waals surface area contributed by atoms with Gasteiger partial charge in [0, 0.05) is 13.2 Å². The predicted octanol–water partition coefficient (Wildman–Crippen LogP) is 1.22. The molecule has 1 fully saturated rings. The maximum Gasteiger partial charge on any atom is 0.240 e. The Kier molecular flexibility index (Phi) is 5.77. The number of nitrogens with zero attached hydrogens (tertiary/aromatic N) is 1. The summed E-state index contributed by atoms with van der Waals surface area (Å²) in [6.45, 7) is 9.15. The van der Waals surface area contributed by atoms with Gasteiger partial charge in [-0.3, -0.25) is 10.1 Å². The van der Waals surface area contributed by atoms with Gasteiger partial charge in [0.1, 0.15) is 0 Å². The van der Waals surface area contributed by atoms with Gasteiger partial charge in [-0.05, 0) is 12.3 Å². The Morgan fingerprint density at radius 2 is 2.31 bits per heavy atom. The molecule has 1 heterocycles. The Hall–Kier alpha value is -0.610. The van der Waals surface area contributed by atoms with Crippen molar-refractivity contribution in [2.75, 3.05) is 26.4 Å². The second kappa shape index (κ2) is 6.86. The van der Waals surface area contributed by atoms with Gasteiger partial charge in [-0.15, -0.1) is 0 Å². The van der Waals surface area contributed by atoms with Gasteiger partial charge in [0.05, 0.1) is 19.3 Å². The minimum Gasteiger partial charge on any atom is -0.379 e. The van der Waals surface area contributed by atoms with Gasteiger partial charge >= 0.3 is 0 Å². The third-order valence-electron chi connectivity index (χ3n) is 2.67. The minimum absolute atomic E-state index is 0.0371. The molecular formula is C12H24N2O2. The number of amides is 1. The van der Waals surface area contributed by atoms with Crippen molar-refractivity contribution in [2.24, 2.45) is 5.92 Å².